The zero-order chi connectivity index (χ0) is 16.4. The number of ether oxygens (including phenoxy) is 1. The van der Waals surface area contributed by atoms with Crippen molar-refractivity contribution in [2.45, 2.75) is 38.0 Å². The van der Waals surface area contributed by atoms with E-state index in [0.717, 1.165) is 11.6 Å². The van der Waals surface area contributed by atoms with E-state index in [4.69, 9.17) is 4.74 Å². The van der Waals surface area contributed by atoms with Gasteiger partial charge in [0.15, 0.2) is 0 Å². The molecule has 0 aromatic carbocycles. The van der Waals surface area contributed by atoms with Crippen LogP contribution in [0.5, 0.6) is 5.88 Å². The second-order valence-electron chi connectivity index (χ2n) is 6.74. The molecule has 1 atom stereocenters. The smallest absolute Gasteiger partial charge is 0.212 e. The van der Waals surface area contributed by atoms with E-state index in [1.54, 1.807) is 7.11 Å². The number of fused-ring (bicyclic) bond motifs is 1. The Bertz CT molecular complexity index is 770. The molecule has 3 aromatic rings. The second kappa shape index (κ2) is 6.63. The molecule has 1 saturated carbocycles. The van der Waals surface area contributed by atoms with Crippen LogP contribution in [0.15, 0.2) is 42.7 Å². The Morgan fingerprint density at radius 2 is 2.08 bits per heavy atom. The van der Waals surface area contributed by atoms with Crippen LogP contribution in [-0.4, -0.2) is 22.1 Å². The van der Waals surface area contributed by atoms with Gasteiger partial charge in [-0.2, -0.15) is 0 Å². The van der Waals surface area contributed by atoms with Crippen molar-refractivity contribution in [3.8, 4) is 5.88 Å². The van der Waals surface area contributed by atoms with E-state index in [1.165, 1.54) is 48.7 Å². The van der Waals surface area contributed by atoms with Crippen LogP contribution < -0.4 is 4.74 Å². The lowest BCUT2D eigenvalue weighted by atomic mass is 9.86. The Morgan fingerprint density at radius 3 is 2.79 bits per heavy atom. The van der Waals surface area contributed by atoms with Gasteiger partial charge < -0.3 is 9.72 Å². The third-order valence-electron chi connectivity index (χ3n) is 5.20. The molecule has 1 N–H and O–H groups in total. The normalized spacial score (nSPS) is 16.5. The number of nitrogens with one attached hydrogen (secondary N) is 1. The number of aromatic amines is 1. The highest BCUT2D eigenvalue weighted by Gasteiger charge is 2.24. The Morgan fingerprint density at radius 1 is 1.21 bits per heavy atom. The zero-order valence-corrected chi connectivity index (χ0v) is 14.0. The van der Waals surface area contributed by atoms with Gasteiger partial charge in [-0.15, -0.1) is 0 Å². The number of pyridine rings is 2. The highest BCUT2D eigenvalue weighted by Crippen LogP contribution is 2.38. The summed E-state index contributed by atoms with van der Waals surface area (Å²) in [5.74, 6) is 1.80. The fourth-order valence-corrected chi connectivity index (χ4v) is 3.91. The van der Waals surface area contributed by atoms with E-state index in [1.807, 2.05) is 24.5 Å². The van der Waals surface area contributed by atoms with Gasteiger partial charge in [-0.1, -0.05) is 31.7 Å². The molecule has 4 heteroatoms. The lowest BCUT2D eigenvalue weighted by molar-refractivity contribution is 0.397. The van der Waals surface area contributed by atoms with Gasteiger partial charge in [0.1, 0.15) is 5.65 Å². The highest BCUT2D eigenvalue weighted by atomic mass is 16.5. The molecule has 0 bridgehead atoms. The first-order valence-corrected chi connectivity index (χ1v) is 8.77. The molecule has 24 heavy (non-hydrogen) atoms. The Hall–Kier alpha value is -2.36. The summed E-state index contributed by atoms with van der Waals surface area (Å²) in [7, 11) is 1.65. The first-order valence-electron chi connectivity index (χ1n) is 8.77. The lowest BCUT2D eigenvalue weighted by Crippen LogP contribution is -2.08. The molecule has 124 valence electrons. The molecule has 0 radical (unpaired) electrons. The molecule has 1 aliphatic carbocycles. The summed E-state index contributed by atoms with van der Waals surface area (Å²) < 4.78 is 5.21. The average molecular weight is 321 g/mol. The van der Waals surface area contributed by atoms with Crippen LogP contribution in [-0.2, 0) is 0 Å². The van der Waals surface area contributed by atoms with Crippen molar-refractivity contribution in [3.05, 3.63) is 54.0 Å². The molecule has 0 spiro atoms. The number of H-pyrrole nitrogens is 1. The summed E-state index contributed by atoms with van der Waals surface area (Å²) in [5.41, 5.74) is 3.45. The van der Waals surface area contributed by atoms with Crippen molar-refractivity contribution in [2.75, 3.05) is 7.11 Å². The van der Waals surface area contributed by atoms with Crippen molar-refractivity contribution in [1.82, 2.24) is 15.0 Å². The van der Waals surface area contributed by atoms with Crippen LogP contribution >= 0.6 is 0 Å². The quantitative estimate of drug-likeness (QED) is 0.742. The molecular weight excluding hydrogens is 298 g/mol. The van der Waals surface area contributed by atoms with Gasteiger partial charge >= 0.3 is 0 Å². The van der Waals surface area contributed by atoms with E-state index in [0.29, 0.717) is 11.8 Å². The Labute approximate surface area is 142 Å². The first-order chi connectivity index (χ1) is 11.8. The van der Waals surface area contributed by atoms with Crippen LogP contribution in [0, 0.1) is 5.92 Å². The van der Waals surface area contributed by atoms with Crippen molar-refractivity contribution in [3.63, 3.8) is 0 Å². The molecule has 0 aliphatic heterocycles. The van der Waals surface area contributed by atoms with Crippen LogP contribution in [0.4, 0.5) is 0 Å². The lowest BCUT2D eigenvalue weighted by Gasteiger charge is -2.20. The number of aromatic nitrogens is 3. The molecule has 3 heterocycles. The molecule has 4 nitrogen and oxygen atoms in total. The van der Waals surface area contributed by atoms with Crippen molar-refractivity contribution < 1.29 is 4.74 Å². The van der Waals surface area contributed by atoms with Crippen LogP contribution in [0.2, 0.25) is 0 Å². The fourth-order valence-electron chi connectivity index (χ4n) is 3.91. The third-order valence-corrected chi connectivity index (χ3v) is 5.20. The van der Waals surface area contributed by atoms with Gasteiger partial charge in [0, 0.05) is 35.5 Å². The molecule has 1 aliphatic rings. The Balaban J connectivity index is 1.70. The summed E-state index contributed by atoms with van der Waals surface area (Å²) >= 11 is 0. The zero-order valence-electron chi connectivity index (χ0n) is 14.0. The summed E-state index contributed by atoms with van der Waals surface area (Å²) in [6.45, 7) is 0. The van der Waals surface area contributed by atoms with Crippen molar-refractivity contribution in [1.29, 1.82) is 0 Å². The summed E-state index contributed by atoms with van der Waals surface area (Å²) in [5, 5.41) is 1.17. The third kappa shape index (κ3) is 3.01. The van der Waals surface area contributed by atoms with E-state index < -0.39 is 0 Å². The van der Waals surface area contributed by atoms with Crippen LogP contribution in [0.1, 0.15) is 49.3 Å². The maximum absolute atomic E-state index is 5.21. The van der Waals surface area contributed by atoms with Gasteiger partial charge in [0.25, 0.3) is 0 Å². The van der Waals surface area contributed by atoms with Crippen LogP contribution in [0.3, 0.4) is 0 Å². The number of methoxy groups -OCH3 is 1. The molecule has 0 amide bonds. The molecule has 3 aromatic heterocycles. The van der Waals surface area contributed by atoms with Gasteiger partial charge in [-0.05, 0) is 36.1 Å². The maximum Gasteiger partial charge on any atom is 0.212 e. The van der Waals surface area contributed by atoms with E-state index >= 15 is 0 Å². The monoisotopic (exact) mass is 321 g/mol. The second-order valence-corrected chi connectivity index (χ2v) is 6.74. The number of hydrogen-bond donors (Lipinski definition) is 1. The summed E-state index contributed by atoms with van der Waals surface area (Å²) in [4.78, 5) is 12.4. The molecule has 4 rings (SSSR count). The van der Waals surface area contributed by atoms with E-state index in [9.17, 15) is 0 Å². The molecule has 1 fully saturated rings. The standard InChI is InChI=1S/C20H23N3O/c1-24-19-9-8-16(13-22-19)17(11-14-5-2-3-6-14)18-12-15-7-4-10-21-20(15)23-18/h4,7-10,12-14,17H,2-3,5-6,11H2,1H3,(H,21,23). The van der Waals surface area contributed by atoms with E-state index in [-0.39, 0.29) is 0 Å². The predicted octanol–water partition coefficient (Wildman–Crippen LogP) is 4.68. The van der Waals surface area contributed by atoms with Crippen molar-refractivity contribution in [2.24, 2.45) is 5.92 Å². The number of rotatable bonds is 5. The topological polar surface area (TPSA) is 50.8 Å². The van der Waals surface area contributed by atoms with Gasteiger partial charge in [-0.25, -0.2) is 9.97 Å². The highest BCUT2D eigenvalue weighted by molar-refractivity contribution is 5.76. The summed E-state index contributed by atoms with van der Waals surface area (Å²) in [6, 6.07) is 10.4. The SMILES string of the molecule is COc1ccc(C(CC2CCCC2)c2cc3cccnc3[nH]2)cn1. The van der Waals surface area contributed by atoms with Gasteiger partial charge in [-0.3, -0.25) is 0 Å². The fraction of sp³-hybridized carbons (Fsp3) is 0.400. The number of hydrogen-bond acceptors (Lipinski definition) is 3. The van der Waals surface area contributed by atoms with E-state index in [2.05, 4.69) is 33.2 Å². The maximum atomic E-state index is 5.21. The predicted molar refractivity (Wildman–Crippen MR) is 95.3 cm³/mol. The molecular formula is C20H23N3O. The van der Waals surface area contributed by atoms with Crippen molar-refractivity contribution >= 4 is 11.0 Å². The van der Waals surface area contributed by atoms with Gasteiger partial charge in [0.2, 0.25) is 5.88 Å². The first kappa shape index (κ1) is 15.2. The Kier molecular flexibility index (Phi) is 4.20. The number of nitrogens with zero attached hydrogens (tertiary/aromatic N) is 2. The average Bonchev–Trinajstić information content (AvgIpc) is 3.29. The minimum absolute atomic E-state index is 0.334. The minimum Gasteiger partial charge on any atom is -0.481 e. The minimum atomic E-state index is 0.334. The van der Waals surface area contributed by atoms with Crippen LogP contribution in [0.25, 0.3) is 11.0 Å². The molecule has 1 unspecified atom stereocenters. The summed E-state index contributed by atoms with van der Waals surface area (Å²) in [6.07, 6.45) is 10.4. The van der Waals surface area contributed by atoms with Gasteiger partial charge in [0.05, 0.1) is 7.11 Å². The largest absolute Gasteiger partial charge is 0.481 e. The molecule has 0 saturated heterocycles.